The topological polar surface area (TPSA) is 58.2 Å². The Morgan fingerprint density at radius 3 is 1.75 bits per heavy atom. The molecule has 0 aromatic heterocycles. The highest BCUT2D eigenvalue weighted by molar-refractivity contribution is 7.89. The third-order valence-corrected chi connectivity index (χ3v) is 7.82. The molecule has 0 saturated carbocycles. The van der Waals surface area contributed by atoms with Gasteiger partial charge in [0.25, 0.3) is 0 Å². The van der Waals surface area contributed by atoms with Gasteiger partial charge in [-0.3, -0.25) is 0 Å². The van der Waals surface area contributed by atoms with E-state index in [4.69, 9.17) is 0 Å². The van der Waals surface area contributed by atoms with E-state index in [1.807, 2.05) is 73.7 Å². The summed E-state index contributed by atoms with van der Waals surface area (Å²) in [4.78, 5) is 0.267. The van der Waals surface area contributed by atoms with E-state index in [1.54, 1.807) is 12.1 Å². The van der Waals surface area contributed by atoms with Gasteiger partial charge < -0.3 is 5.32 Å². The smallest absolute Gasteiger partial charge is 0.241 e. The summed E-state index contributed by atoms with van der Waals surface area (Å²) in [5.41, 5.74) is 4.32. The van der Waals surface area contributed by atoms with E-state index in [9.17, 15) is 8.42 Å². The summed E-state index contributed by atoms with van der Waals surface area (Å²) in [6.45, 7) is 2.73. The van der Waals surface area contributed by atoms with Gasteiger partial charge in [-0.1, -0.05) is 109 Å². The molecule has 4 aromatic carbocycles. The van der Waals surface area contributed by atoms with E-state index in [1.165, 1.54) is 5.56 Å². The van der Waals surface area contributed by atoms with Crippen LogP contribution in [0.2, 0.25) is 0 Å². The second kappa shape index (κ2) is 12.6. The molecule has 2 N–H and O–H groups in total. The van der Waals surface area contributed by atoms with Gasteiger partial charge in [0.1, 0.15) is 0 Å². The number of aryl methyl sites for hydroxylation is 2. The van der Waals surface area contributed by atoms with Gasteiger partial charge >= 0.3 is 0 Å². The van der Waals surface area contributed by atoms with E-state index in [-0.39, 0.29) is 10.9 Å². The predicted octanol–water partition coefficient (Wildman–Crippen LogP) is 6.37. The molecule has 4 nitrogen and oxygen atoms in total. The Kier molecular flexibility index (Phi) is 9.06. The zero-order valence-electron chi connectivity index (χ0n) is 20.7. The summed E-state index contributed by atoms with van der Waals surface area (Å²) in [6, 6.07) is 36.7. The van der Waals surface area contributed by atoms with Gasteiger partial charge in [-0.05, 0) is 61.6 Å². The van der Waals surface area contributed by atoms with Gasteiger partial charge in [0.05, 0.1) is 17.0 Å². The maximum atomic E-state index is 13.5. The lowest BCUT2D eigenvalue weighted by molar-refractivity contribution is 0.417. The number of sulfonamides is 1. The van der Waals surface area contributed by atoms with Gasteiger partial charge in [-0.15, -0.1) is 0 Å². The Morgan fingerprint density at radius 2 is 1.17 bits per heavy atom. The van der Waals surface area contributed by atoms with Crippen LogP contribution >= 0.6 is 0 Å². The molecule has 4 rings (SSSR count). The van der Waals surface area contributed by atoms with Crippen LogP contribution in [-0.4, -0.2) is 15.0 Å². The molecule has 0 bridgehead atoms. The third kappa shape index (κ3) is 7.14. The lowest BCUT2D eigenvalue weighted by atomic mass is 9.94. The minimum absolute atomic E-state index is 0.231. The van der Waals surface area contributed by atoms with Crippen molar-refractivity contribution in [3.8, 4) is 0 Å². The molecule has 36 heavy (non-hydrogen) atoms. The average Bonchev–Trinajstić information content (AvgIpc) is 2.91. The van der Waals surface area contributed by atoms with Crippen LogP contribution in [0.4, 0.5) is 0 Å². The SMILES string of the molecule is Cc1ccc(S(=O)(=O)N[C@H](c2ccccc2)[C@H](NCCCCc2ccccc2)c2ccccc2)cc1. The zero-order valence-corrected chi connectivity index (χ0v) is 21.5. The first kappa shape index (κ1) is 25.8. The molecule has 2 atom stereocenters. The normalized spacial score (nSPS) is 13.2. The number of rotatable bonds is 12. The number of unbranched alkanes of at least 4 members (excludes halogenated alkanes) is 1. The van der Waals surface area contributed by atoms with Crippen LogP contribution in [0.15, 0.2) is 120 Å². The fourth-order valence-corrected chi connectivity index (χ4v) is 5.62. The van der Waals surface area contributed by atoms with Crippen LogP contribution in [0.25, 0.3) is 0 Å². The molecule has 186 valence electrons. The highest BCUT2D eigenvalue weighted by Gasteiger charge is 2.29. The number of benzene rings is 4. The molecule has 0 heterocycles. The molecular weight excluding hydrogens is 464 g/mol. The zero-order chi connectivity index (χ0) is 25.2. The first-order valence-electron chi connectivity index (χ1n) is 12.5. The van der Waals surface area contributed by atoms with Crippen molar-refractivity contribution >= 4 is 10.0 Å². The summed E-state index contributed by atoms with van der Waals surface area (Å²) in [6.07, 6.45) is 3.08. The Balaban J connectivity index is 1.56. The molecule has 0 amide bonds. The van der Waals surface area contributed by atoms with E-state index in [0.717, 1.165) is 42.5 Å². The lowest BCUT2D eigenvalue weighted by Crippen LogP contribution is -2.39. The van der Waals surface area contributed by atoms with Gasteiger partial charge in [0.2, 0.25) is 10.0 Å². The minimum Gasteiger partial charge on any atom is -0.308 e. The minimum atomic E-state index is -3.74. The quantitative estimate of drug-likeness (QED) is 0.223. The summed E-state index contributed by atoms with van der Waals surface area (Å²) in [5.74, 6) is 0. The molecule has 0 aliphatic carbocycles. The maximum Gasteiger partial charge on any atom is 0.241 e. The summed E-state index contributed by atoms with van der Waals surface area (Å²) in [7, 11) is -3.74. The highest BCUT2D eigenvalue weighted by atomic mass is 32.2. The van der Waals surface area contributed by atoms with Crippen molar-refractivity contribution in [3.05, 3.63) is 138 Å². The van der Waals surface area contributed by atoms with E-state index in [2.05, 4.69) is 46.4 Å². The van der Waals surface area contributed by atoms with Crippen molar-refractivity contribution in [1.82, 2.24) is 10.0 Å². The molecule has 0 spiro atoms. The van der Waals surface area contributed by atoms with E-state index < -0.39 is 16.1 Å². The molecule has 4 aromatic rings. The van der Waals surface area contributed by atoms with Crippen molar-refractivity contribution < 1.29 is 8.42 Å². The number of hydrogen-bond acceptors (Lipinski definition) is 3. The second-order valence-electron chi connectivity index (χ2n) is 9.11. The third-order valence-electron chi connectivity index (χ3n) is 6.36. The molecular formula is C31H34N2O2S. The Hall–Kier alpha value is -3.25. The second-order valence-corrected chi connectivity index (χ2v) is 10.8. The number of nitrogens with one attached hydrogen (secondary N) is 2. The van der Waals surface area contributed by atoms with Crippen molar-refractivity contribution in [2.24, 2.45) is 0 Å². The lowest BCUT2D eigenvalue weighted by Gasteiger charge is -2.30. The van der Waals surface area contributed by atoms with E-state index in [0.29, 0.717) is 0 Å². The molecule has 0 saturated heterocycles. The van der Waals surface area contributed by atoms with Crippen LogP contribution in [-0.2, 0) is 16.4 Å². The Morgan fingerprint density at radius 1 is 0.639 bits per heavy atom. The largest absolute Gasteiger partial charge is 0.308 e. The van der Waals surface area contributed by atoms with E-state index >= 15 is 0 Å². The van der Waals surface area contributed by atoms with Crippen LogP contribution in [0, 0.1) is 6.92 Å². The fourth-order valence-electron chi connectivity index (χ4n) is 4.39. The van der Waals surface area contributed by atoms with Gasteiger partial charge in [0.15, 0.2) is 0 Å². The van der Waals surface area contributed by atoms with Crippen molar-refractivity contribution in [3.63, 3.8) is 0 Å². The average molecular weight is 499 g/mol. The standard InChI is InChI=1S/C31H34N2O2S/c1-25-20-22-29(23-21-25)36(34,35)33-31(28-18-9-4-10-19-28)30(27-16-7-3-8-17-27)32-24-12-11-15-26-13-5-2-6-14-26/h2-10,13-14,16-23,30-33H,11-12,15,24H2,1H3/t30-,31-/m1/s1. The Bertz CT molecular complexity index is 1290. The first-order valence-corrected chi connectivity index (χ1v) is 14.0. The van der Waals surface area contributed by atoms with Crippen molar-refractivity contribution in [1.29, 1.82) is 0 Å². The maximum absolute atomic E-state index is 13.5. The summed E-state index contributed by atoms with van der Waals surface area (Å²) >= 11 is 0. The molecule has 5 heteroatoms. The number of hydrogen-bond donors (Lipinski definition) is 2. The molecule has 0 fully saturated rings. The molecule has 0 aliphatic heterocycles. The monoisotopic (exact) mass is 498 g/mol. The molecule has 0 unspecified atom stereocenters. The molecule has 0 aliphatic rings. The van der Waals surface area contributed by atoms with Crippen molar-refractivity contribution in [2.75, 3.05) is 6.54 Å². The van der Waals surface area contributed by atoms with Gasteiger partial charge in [-0.25, -0.2) is 13.1 Å². The highest BCUT2D eigenvalue weighted by Crippen LogP contribution is 2.31. The van der Waals surface area contributed by atoms with Crippen LogP contribution in [0.5, 0.6) is 0 Å². The Labute approximate surface area is 215 Å². The predicted molar refractivity (Wildman–Crippen MR) is 147 cm³/mol. The van der Waals surface area contributed by atoms with Crippen LogP contribution in [0.1, 0.15) is 47.2 Å². The van der Waals surface area contributed by atoms with Gasteiger partial charge in [-0.2, -0.15) is 0 Å². The molecule has 0 radical (unpaired) electrons. The van der Waals surface area contributed by atoms with Crippen LogP contribution in [0.3, 0.4) is 0 Å². The fraction of sp³-hybridized carbons (Fsp3) is 0.226. The van der Waals surface area contributed by atoms with Gasteiger partial charge in [0, 0.05) is 0 Å². The summed E-state index contributed by atoms with van der Waals surface area (Å²) < 4.78 is 29.9. The summed E-state index contributed by atoms with van der Waals surface area (Å²) in [5, 5.41) is 3.68. The van der Waals surface area contributed by atoms with Crippen LogP contribution < -0.4 is 10.0 Å². The van der Waals surface area contributed by atoms with Crippen molar-refractivity contribution in [2.45, 2.75) is 43.2 Å². The first-order chi connectivity index (χ1) is 17.5.